The van der Waals surface area contributed by atoms with Crippen LogP contribution in [0.15, 0.2) is 53.8 Å². The SMILES string of the molecule is CCN(C/C=C/N(/N=C/c1cc(F)c(F)cc1F)C(C)(C)C)CCC1(CC)CN(c2ccc(C(=O)O)cc2)CC(=O)O1. The monoisotopic (exact) mass is 588 g/mol. The minimum Gasteiger partial charge on any atom is -0.478 e. The third-order valence-electron chi connectivity index (χ3n) is 7.24. The summed E-state index contributed by atoms with van der Waals surface area (Å²) in [6, 6.07) is 7.72. The van der Waals surface area contributed by atoms with Gasteiger partial charge in [0.25, 0.3) is 0 Å². The van der Waals surface area contributed by atoms with Crippen LogP contribution in [0.2, 0.25) is 0 Å². The van der Waals surface area contributed by atoms with E-state index in [2.05, 4.69) is 10.0 Å². The van der Waals surface area contributed by atoms with E-state index in [1.54, 1.807) is 23.3 Å². The molecular formula is C31H39F3N4O4. The average molecular weight is 589 g/mol. The molecule has 8 nitrogen and oxygen atoms in total. The zero-order valence-corrected chi connectivity index (χ0v) is 24.7. The van der Waals surface area contributed by atoms with Gasteiger partial charge in [0, 0.05) is 43.0 Å². The molecule has 1 unspecified atom stereocenters. The number of anilines is 1. The van der Waals surface area contributed by atoms with Crippen LogP contribution in [-0.4, -0.2) is 77.0 Å². The number of esters is 1. The topological polar surface area (TPSA) is 85.7 Å². The van der Waals surface area contributed by atoms with E-state index in [1.807, 2.05) is 45.6 Å². The second kappa shape index (κ2) is 13.9. The third-order valence-corrected chi connectivity index (χ3v) is 7.24. The Hall–Kier alpha value is -3.86. The quantitative estimate of drug-likeness (QED) is 0.148. The van der Waals surface area contributed by atoms with Crippen molar-refractivity contribution in [2.24, 2.45) is 5.10 Å². The number of halogens is 3. The molecule has 0 amide bonds. The van der Waals surface area contributed by atoms with Crippen LogP contribution in [0.25, 0.3) is 0 Å². The summed E-state index contributed by atoms with van der Waals surface area (Å²) in [5.74, 6) is -4.65. The highest BCUT2D eigenvalue weighted by Crippen LogP contribution is 2.30. The molecule has 0 radical (unpaired) electrons. The van der Waals surface area contributed by atoms with Crippen molar-refractivity contribution in [1.29, 1.82) is 0 Å². The van der Waals surface area contributed by atoms with Crippen molar-refractivity contribution in [2.75, 3.05) is 37.6 Å². The number of hydrazone groups is 1. The fraction of sp³-hybridized carbons (Fsp3) is 0.452. The summed E-state index contributed by atoms with van der Waals surface area (Å²) in [4.78, 5) is 27.9. The fourth-order valence-electron chi connectivity index (χ4n) is 4.59. The van der Waals surface area contributed by atoms with E-state index in [-0.39, 0.29) is 23.6 Å². The molecule has 1 saturated heterocycles. The Balaban J connectivity index is 1.67. The first kappa shape index (κ1) is 32.7. The van der Waals surface area contributed by atoms with Gasteiger partial charge in [-0.15, -0.1) is 0 Å². The minimum absolute atomic E-state index is 0.0893. The van der Waals surface area contributed by atoms with E-state index in [4.69, 9.17) is 4.74 Å². The number of hydrogen-bond acceptors (Lipinski definition) is 7. The van der Waals surface area contributed by atoms with Crippen LogP contribution in [0.5, 0.6) is 0 Å². The molecule has 228 valence electrons. The van der Waals surface area contributed by atoms with Gasteiger partial charge < -0.3 is 14.7 Å². The molecule has 0 saturated carbocycles. The van der Waals surface area contributed by atoms with Gasteiger partial charge in [-0.2, -0.15) is 5.10 Å². The Bertz CT molecular complexity index is 1310. The Morgan fingerprint density at radius 3 is 2.38 bits per heavy atom. The standard InChI is InChI=1S/C31H39F3N4O4/c1-6-31(21-37(20-28(39)42-31)24-11-9-22(10-12-24)29(40)41)13-16-36(7-2)14-8-15-38(30(3,4)5)35-19-23-17-26(33)27(34)18-25(23)32/h8-12,15,17-19H,6-7,13-14,16,20-21H2,1-5H3,(H,40,41)/b15-8+,35-19+. The molecule has 2 aromatic rings. The van der Waals surface area contributed by atoms with Crippen LogP contribution in [0, 0.1) is 17.5 Å². The molecule has 3 rings (SSSR count). The number of benzene rings is 2. The number of likely N-dealkylation sites (N-methyl/N-ethyl adjacent to an activating group) is 1. The van der Waals surface area contributed by atoms with Crippen molar-refractivity contribution < 1.29 is 32.6 Å². The third kappa shape index (κ3) is 8.58. The molecule has 11 heteroatoms. The number of cyclic esters (lactones) is 1. The molecule has 0 aliphatic carbocycles. The average Bonchev–Trinajstić information content (AvgIpc) is 2.93. The van der Waals surface area contributed by atoms with Crippen LogP contribution in [0.1, 0.15) is 63.4 Å². The van der Waals surface area contributed by atoms with E-state index >= 15 is 0 Å². The Kier molecular flexibility index (Phi) is 10.8. The summed E-state index contributed by atoms with van der Waals surface area (Å²) < 4.78 is 46.8. The maximum absolute atomic E-state index is 14.1. The summed E-state index contributed by atoms with van der Waals surface area (Å²) in [6.45, 7) is 12.3. The molecular weight excluding hydrogens is 549 g/mol. The lowest BCUT2D eigenvalue weighted by Gasteiger charge is -2.43. The zero-order valence-electron chi connectivity index (χ0n) is 24.7. The van der Waals surface area contributed by atoms with E-state index in [0.29, 0.717) is 38.5 Å². The first-order valence-corrected chi connectivity index (χ1v) is 13.9. The number of carboxylic acid groups (broad SMARTS) is 1. The van der Waals surface area contributed by atoms with Gasteiger partial charge in [0.15, 0.2) is 11.6 Å². The van der Waals surface area contributed by atoms with Crippen LogP contribution in [-0.2, 0) is 9.53 Å². The van der Waals surface area contributed by atoms with Gasteiger partial charge in [0.1, 0.15) is 18.0 Å². The summed E-state index contributed by atoms with van der Waals surface area (Å²) >= 11 is 0. The Morgan fingerprint density at radius 2 is 1.79 bits per heavy atom. The van der Waals surface area contributed by atoms with Crippen LogP contribution < -0.4 is 4.90 Å². The van der Waals surface area contributed by atoms with Crippen molar-refractivity contribution >= 4 is 23.8 Å². The molecule has 0 bridgehead atoms. The summed E-state index contributed by atoms with van der Waals surface area (Å²) in [5, 5.41) is 15.1. The highest BCUT2D eigenvalue weighted by molar-refractivity contribution is 5.88. The van der Waals surface area contributed by atoms with Crippen molar-refractivity contribution in [3.8, 4) is 0 Å². The minimum atomic E-state index is -1.26. The van der Waals surface area contributed by atoms with Crippen LogP contribution in [0.4, 0.5) is 18.9 Å². The highest BCUT2D eigenvalue weighted by Gasteiger charge is 2.39. The largest absolute Gasteiger partial charge is 0.478 e. The lowest BCUT2D eigenvalue weighted by atomic mass is 9.93. The summed E-state index contributed by atoms with van der Waals surface area (Å²) in [5.41, 5.74) is -0.401. The Morgan fingerprint density at radius 1 is 1.12 bits per heavy atom. The molecule has 0 aromatic heterocycles. The maximum atomic E-state index is 14.1. The van der Waals surface area contributed by atoms with E-state index < -0.39 is 34.6 Å². The number of morpholine rings is 1. The Labute approximate surface area is 245 Å². The van der Waals surface area contributed by atoms with Gasteiger partial charge in [-0.05, 0) is 64.1 Å². The van der Waals surface area contributed by atoms with Gasteiger partial charge in [0.2, 0.25) is 0 Å². The number of carbonyl (C=O) groups excluding carboxylic acids is 1. The summed E-state index contributed by atoms with van der Waals surface area (Å²) in [6.07, 6.45) is 6.04. The molecule has 1 atom stereocenters. The second-order valence-corrected chi connectivity index (χ2v) is 11.3. The number of carboxylic acids is 1. The predicted octanol–water partition coefficient (Wildman–Crippen LogP) is 5.67. The van der Waals surface area contributed by atoms with Gasteiger partial charge in [-0.25, -0.2) is 18.0 Å². The highest BCUT2D eigenvalue weighted by atomic mass is 19.2. The number of aromatic carboxylic acids is 1. The predicted molar refractivity (Wildman–Crippen MR) is 156 cm³/mol. The van der Waals surface area contributed by atoms with Gasteiger partial charge in [-0.1, -0.05) is 19.9 Å². The number of nitrogens with zero attached hydrogens (tertiary/aromatic N) is 4. The van der Waals surface area contributed by atoms with E-state index in [1.165, 1.54) is 12.1 Å². The first-order valence-electron chi connectivity index (χ1n) is 13.9. The maximum Gasteiger partial charge on any atom is 0.335 e. The summed E-state index contributed by atoms with van der Waals surface area (Å²) in [7, 11) is 0. The van der Waals surface area contributed by atoms with Gasteiger partial charge >= 0.3 is 11.9 Å². The van der Waals surface area contributed by atoms with E-state index in [0.717, 1.165) is 24.5 Å². The molecule has 1 aliphatic rings. The van der Waals surface area contributed by atoms with Crippen LogP contribution in [0.3, 0.4) is 0 Å². The smallest absolute Gasteiger partial charge is 0.335 e. The second-order valence-electron chi connectivity index (χ2n) is 11.3. The zero-order chi connectivity index (χ0) is 31.1. The lowest BCUT2D eigenvalue weighted by molar-refractivity contribution is -0.163. The van der Waals surface area contributed by atoms with Crippen molar-refractivity contribution in [3.63, 3.8) is 0 Å². The molecule has 1 N–H and O–H groups in total. The molecule has 2 aromatic carbocycles. The number of hydrogen-bond donors (Lipinski definition) is 1. The fourth-order valence-corrected chi connectivity index (χ4v) is 4.59. The van der Waals surface area contributed by atoms with Crippen molar-refractivity contribution in [1.82, 2.24) is 9.91 Å². The number of carbonyl (C=O) groups is 2. The van der Waals surface area contributed by atoms with Crippen molar-refractivity contribution in [3.05, 3.63) is 77.3 Å². The molecule has 0 spiro atoms. The number of rotatable bonds is 12. The van der Waals surface area contributed by atoms with Crippen LogP contribution >= 0.6 is 0 Å². The molecule has 42 heavy (non-hydrogen) atoms. The molecule has 1 fully saturated rings. The van der Waals surface area contributed by atoms with Gasteiger partial charge in [0.05, 0.1) is 23.9 Å². The molecule has 1 heterocycles. The first-order chi connectivity index (χ1) is 19.8. The normalized spacial score (nSPS) is 17.8. The van der Waals surface area contributed by atoms with Gasteiger partial charge in [-0.3, -0.25) is 14.7 Å². The lowest BCUT2D eigenvalue weighted by Crippen LogP contribution is -2.55. The van der Waals surface area contributed by atoms with Crippen molar-refractivity contribution in [2.45, 2.75) is 58.6 Å². The van der Waals surface area contributed by atoms with E-state index in [9.17, 15) is 27.9 Å². The molecule has 1 aliphatic heterocycles. The number of ether oxygens (including phenoxy) is 1.